The number of fused-ring (bicyclic) bond motifs is 1. The molecule has 0 atom stereocenters. The van der Waals surface area contributed by atoms with E-state index in [1.54, 1.807) is 0 Å². The van der Waals surface area contributed by atoms with Gasteiger partial charge in [0.15, 0.2) is 0 Å². The lowest BCUT2D eigenvalue weighted by molar-refractivity contribution is 0.243. The molecule has 0 fully saturated rings. The van der Waals surface area contributed by atoms with Crippen molar-refractivity contribution in [3.63, 3.8) is 0 Å². The molecule has 1 heterocycles. The maximum Gasteiger partial charge on any atom is 0.142 e. The Morgan fingerprint density at radius 1 is 1.05 bits per heavy atom. The average molecular weight is 281 g/mol. The third-order valence-corrected chi connectivity index (χ3v) is 3.28. The van der Waals surface area contributed by atoms with Crippen LogP contribution < -0.4 is 10.1 Å². The zero-order chi connectivity index (χ0) is 14.7. The summed E-state index contributed by atoms with van der Waals surface area (Å²) in [6.07, 6.45) is 1.96. The van der Waals surface area contributed by atoms with E-state index in [1.165, 1.54) is 0 Å². The van der Waals surface area contributed by atoms with Crippen LogP contribution in [0.2, 0.25) is 0 Å². The van der Waals surface area contributed by atoms with E-state index in [2.05, 4.69) is 11.4 Å². The third-order valence-electron chi connectivity index (χ3n) is 3.28. The first kappa shape index (κ1) is 13.6. The highest BCUT2D eigenvalue weighted by molar-refractivity contribution is 5.81. The second kappa shape index (κ2) is 5.92. The van der Waals surface area contributed by atoms with Crippen LogP contribution in [0.5, 0.6) is 5.75 Å². The molecule has 0 amide bonds. The molecule has 0 spiro atoms. The molecule has 1 N–H and O–H groups in total. The molecule has 0 radical (unpaired) electrons. The van der Waals surface area contributed by atoms with Gasteiger partial charge in [0, 0.05) is 17.5 Å². The Bertz CT molecular complexity index is 731. The van der Waals surface area contributed by atoms with Crippen LogP contribution in [0.25, 0.3) is 11.0 Å². The standard InChI is InChI=1S/C18H19NO2/c1-13(2)21-18-10-6-4-8-16(18)19-11-14-12-20-17-9-5-3-7-15(14)17/h3-10,12-13,19H,11H2,1-2H3. The van der Waals surface area contributed by atoms with Crippen LogP contribution >= 0.6 is 0 Å². The van der Waals surface area contributed by atoms with Crippen molar-refractivity contribution in [1.82, 2.24) is 0 Å². The molecule has 0 aliphatic carbocycles. The van der Waals surface area contributed by atoms with Gasteiger partial charge in [-0.2, -0.15) is 0 Å². The second-order valence-corrected chi connectivity index (χ2v) is 5.27. The smallest absolute Gasteiger partial charge is 0.142 e. The number of benzene rings is 2. The molecule has 0 aliphatic heterocycles. The summed E-state index contributed by atoms with van der Waals surface area (Å²) in [7, 11) is 0. The molecular formula is C18H19NO2. The van der Waals surface area contributed by atoms with E-state index in [0.717, 1.165) is 28.0 Å². The molecule has 3 aromatic rings. The molecule has 3 rings (SSSR count). The quantitative estimate of drug-likeness (QED) is 0.727. The van der Waals surface area contributed by atoms with E-state index in [1.807, 2.05) is 62.6 Å². The average Bonchev–Trinajstić information content (AvgIpc) is 2.89. The van der Waals surface area contributed by atoms with Crippen LogP contribution in [0, 0.1) is 0 Å². The number of anilines is 1. The van der Waals surface area contributed by atoms with Gasteiger partial charge in [-0.1, -0.05) is 30.3 Å². The normalized spacial score (nSPS) is 11.0. The summed E-state index contributed by atoms with van der Waals surface area (Å²) in [6.45, 7) is 4.76. The fraction of sp³-hybridized carbons (Fsp3) is 0.222. The lowest BCUT2D eigenvalue weighted by Crippen LogP contribution is -2.08. The second-order valence-electron chi connectivity index (χ2n) is 5.27. The van der Waals surface area contributed by atoms with Crippen molar-refractivity contribution in [2.45, 2.75) is 26.5 Å². The van der Waals surface area contributed by atoms with E-state index in [4.69, 9.17) is 9.15 Å². The van der Waals surface area contributed by atoms with E-state index in [0.29, 0.717) is 6.54 Å². The predicted octanol–water partition coefficient (Wildman–Crippen LogP) is 4.83. The molecule has 0 saturated carbocycles. The zero-order valence-corrected chi connectivity index (χ0v) is 12.3. The third kappa shape index (κ3) is 3.02. The van der Waals surface area contributed by atoms with Crippen LogP contribution in [0.3, 0.4) is 0 Å². The summed E-state index contributed by atoms with van der Waals surface area (Å²) in [4.78, 5) is 0. The Kier molecular flexibility index (Phi) is 3.82. The summed E-state index contributed by atoms with van der Waals surface area (Å²) in [5, 5.41) is 4.57. The van der Waals surface area contributed by atoms with Gasteiger partial charge in [0.25, 0.3) is 0 Å². The summed E-state index contributed by atoms with van der Waals surface area (Å²) in [6, 6.07) is 16.1. The highest BCUT2D eigenvalue weighted by atomic mass is 16.5. The molecule has 108 valence electrons. The van der Waals surface area contributed by atoms with Crippen LogP contribution in [0.15, 0.2) is 59.2 Å². The predicted molar refractivity (Wildman–Crippen MR) is 85.7 cm³/mol. The van der Waals surface area contributed by atoms with E-state index in [9.17, 15) is 0 Å². The molecule has 3 heteroatoms. The first-order chi connectivity index (χ1) is 10.2. The van der Waals surface area contributed by atoms with Crippen LogP contribution in [0.4, 0.5) is 5.69 Å². The summed E-state index contributed by atoms with van der Waals surface area (Å²) >= 11 is 0. The van der Waals surface area contributed by atoms with Gasteiger partial charge in [-0.05, 0) is 32.0 Å². The molecule has 2 aromatic carbocycles. The summed E-state index contributed by atoms with van der Waals surface area (Å²) < 4.78 is 11.4. The number of hydrogen-bond donors (Lipinski definition) is 1. The fourth-order valence-corrected chi connectivity index (χ4v) is 2.33. The minimum atomic E-state index is 0.155. The molecule has 3 nitrogen and oxygen atoms in total. The number of para-hydroxylation sites is 3. The Hall–Kier alpha value is -2.42. The first-order valence-electron chi connectivity index (χ1n) is 7.18. The van der Waals surface area contributed by atoms with Gasteiger partial charge in [0.2, 0.25) is 0 Å². The Morgan fingerprint density at radius 3 is 2.67 bits per heavy atom. The summed E-state index contributed by atoms with van der Waals surface area (Å²) in [5.41, 5.74) is 3.06. The van der Waals surface area contributed by atoms with Gasteiger partial charge in [0.05, 0.1) is 18.1 Å². The van der Waals surface area contributed by atoms with Crippen molar-refractivity contribution in [3.8, 4) is 5.75 Å². The molecule has 0 bridgehead atoms. The van der Waals surface area contributed by atoms with E-state index < -0.39 is 0 Å². The highest BCUT2D eigenvalue weighted by Gasteiger charge is 2.07. The lowest BCUT2D eigenvalue weighted by atomic mass is 10.2. The molecule has 0 saturated heterocycles. The number of ether oxygens (including phenoxy) is 1. The van der Waals surface area contributed by atoms with Gasteiger partial charge in [-0.15, -0.1) is 0 Å². The maximum atomic E-state index is 5.82. The van der Waals surface area contributed by atoms with Crippen molar-refractivity contribution < 1.29 is 9.15 Å². The molecule has 1 aromatic heterocycles. The number of hydrogen-bond acceptors (Lipinski definition) is 3. The maximum absolute atomic E-state index is 5.82. The molecular weight excluding hydrogens is 262 g/mol. The lowest BCUT2D eigenvalue weighted by Gasteiger charge is -2.15. The van der Waals surface area contributed by atoms with Crippen molar-refractivity contribution in [2.75, 3.05) is 5.32 Å². The topological polar surface area (TPSA) is 34.4 Å². The van der Waals surface area contributed by atoms with Crippen LogP contribution in [-0.4, -0.2) is 6.10 Å². The van der Waals surface area contributed by atoms with Gasteiger partial charge in [-0.25, -0.2) is 0 Å². The SMILES string of the molecule is CC(C)Oc1ccccc1NCc1coc2ccccc12. The summed E-state index contributed by atoms with van der Waals surface area (Å²) in [5.74, 6) is 0.875. The highest BCUT2D eigenvalue weighted by Crippen LogP contribution is 2.27. The fourth-order valence-electron chi connectivity index (χ4n) is 2.33. The molecule has 21 heavy (non-hydrogen) atoms. The monoisotopic (exact) mass is 281 g/mol. The largest absolute Gasteiger partial charge is 0.489 e. The van der Waals surface area contributed by atoms with E-state index in [-0.39, 0.29) is 6.10 Å². The van der Waals surface area contributed by atoms with Crippen molar-refractivity contribution >= 4 is 16.7 Å². The minimum Gasteiger partial charge on any atom is -0.489 e. The minimum absolute atomic E-state index is 0.155. The Morgan fingerprint density at radius 2 is 1.81 bits per heavy atom. The number of rotatable bonds is 5. The van der Waals surface area contributed by atoms with Crippen molar-refractivity contribution in [3.05, 3.63) is 60.4 Å². The Balaban J connectivity index is 1.79. The van der Waals surface area contributed by atoms with Gasteiger partial charge in [0.1, 0.15) is 11.3 Å². The van der Waals surface area contributed by atoms with Gasteiger partial charge >= 0.3 is 0 Å². The van der Waals surface area contributed by atoms with E-state index >= 15 is 0 Å². The van der Waals surface area contributed by atoms with Gasteiger partial charge < -0.3 is 14.5 Å². The molecule has 0 aliphatic rings. The number of nitrogens with one attached hydrogen (secondary N) is 1. The molecule has 0 unspecified atom stereocenters. The first-order valence-corrected chi connectivity index (χ1v) is 7.18. The Labute approximate surface area is 124 Å². The van der Waals surface area contributed by atoms with Crippen LogP contribution in [-0.2, 0) is 6.54 Å². The van der Waals surface area contributed by atoms with Crippen molar-refractivity contribution in [2.24, 2.45) is 0 Å². The zero-order valence-electron chi connectivity index (χ0n) is 12.3. The van der Waals surface area contributed by atoms with Crippen molar-refractivity contribution in [1.29, 1.82) is 0 Å². The van der Waals surface area contributed by atoms with Gasteiger partial charge in [-0.3, -0.25) is 0 Å². The van der Waals surface area contributed by atoms with Crippen LogP contribution in [0.1, 0.15) is 19.4 Å². The number of furan rings is 1.